The Morgan fingerprint density at radius 3 is 2.65 bits per heavy atom. The second-order valence-corrected chi connectivity index (χ2v) is 5.44. The van der Waals surface area contributed by atoms with Crippen LogP contribution in [0.2, 0.25) is 0 Å². The summed E-state index contributed by atoms with van der Waals surface area (Å²) in [4.78, 5) is 4.16. The van der Waals surface area contributed by atoms with Crippen molar-refractivity contribution in [3.8, 4) is 0 Å². The van der Waals surface area contributed by atoms with Gasteiger partial charge in [0.1, 0.15) is 0 Å². The maximum Gasteiger partial charge on any atom is 0.0600 e. The topological polar surface area (TPSA) is 24.9 Å². The monoisotopic (exact) mass is 354 g/mol. The van der Waals surface area contributed by atoms with Crippen molar-refractivity contribution in [1.29, 1.82) is 0 Å². The van der Waals surface area contributed by atoms with Gasteiger partial charge in [-0.25, -0.2) is 0 Å². The molecule has 0 spiro atoms. The molecule has 0 saturated heterocycles. The molecule has 2 rings (SSSR count). The predicted octanol–water partition coefficient (Wildman–Crippen LogP) is 3.92. The normalized spacial score (nSPS) is 12.4. The third-order valence-corrected chi connectivity index (χ3v) is 3.76. The fourth-order valence-corrected chi connectivity index (χ4v) is 3.06. The highest BCUT2D eigenvalue weighted by Gasteiger charge is 2.14. The first-order chi connectivity index (χ1) is 8.22. The van der Waals surface area contributed by atoms with Crippen molar-refractivity contribution >= 4 is 31.9 Å². The summed E-state index contributed by atoms with van der Waals surface area (Å²) in [5, 5.41) is 3.31. The SMILES string of the molecule is CNC(c1cccnc1)c1ccc(Br)cc1Br. The molecule has 1 aromatic carbocycles. The fraction of sp³-hybridized carbons (Fsp3) is 0.154. The summed E-state index contributed by atoms with van der Waals surface area (Å²) in [5.74, 6) is 0. The number of nitrogens with zero attached hydrogens (tertiary/aromatic N) is 1. The lowest BCUT2D eigenvalue weighted by Gasteiger charge is -2.18. The first-order valence-corrected chi connectivity index (χ1v) is 6.83. The highest BCUT2D eigenvalue weighted by Crippen LogP contribution is 2.30. The third kappa shape index (κ3) is 2.94. The molecule has 0 bridgehead atoms. The Labute approximate surface area is 118 Å². The number of halogens is 2. The van der Waals surface area contributed by atoms with Crippen molar-refractivity contribution < 1.29 is 0 Å². The van der Waals surface area contributed by atoms with E-state index in [-0.39, 0.29) is 6.04 Å². The number of hydrogen-bond acceptors (Lipinski definition) is 2. The summed E-state index contributed by atoms with van der Waals surface area (Å²) in [7, 11) is 1.95. The van der Waals surface area contributed by atoms with Gasteiger partial charge in [0.25, 0.3) is 0 Å². The maximum absolute atomic E-state index is 4.16. The van der Waals surface area contributed by atoms with Crippen LogP contribution in [0.15, 0.2) is 51.7 Å². The standard InChI is InChI=1S/C13H12Br2N2/c1-16-13(9-3-2-6-17-8-9)11-5-4-10(14)7-12(11)15/h2-8,13,16H,1H3. The van der Waals surface area contributed by atoms with Crippen molar-refractivity contribution in [3.63, 3.8) is 0 Å². The van der Waals surface area contributed by atoms with E-state index in [9.17, 15) is 0 Å². The van der Waals surface area contributed by atoms with Gasteiger partial charge >= 0.3 is 0 Å². The maximum atomic E-state index is 4.16. The first-order valence-electron chi connectivity index (χ1n) is 5.24. The Balaban J connectivity index is 2.42. The van der Waals surface area contributed by atoms with E-state index in [0.29, 0.717) is 0 Å². The van der Waals surface area contributed by atoms with Crippen LogP contribution in [0, 0.1) is 0 Å². The minimum atomic E-state index is 0.145. The van der Waals surface area contributed by atoms with E-state index in [1.54, 1.807) is 6.20 Å². The van der Waals surface area contributed by atoms with Crippen molar-refractivity contribution in [3.05, 3.63) is 62.8 Å². The second-order valence-electron chi connectivity index (χ2n) is 3.67. The number of hydrogen-bond donors (Lipinski definition) is 1. The first kappa shape index (κ1) is 12.7. The summed E-state index contributed by atoms with van der Waals surface area (Å²) in [6.45, 7) is 0. The molecule has 17 heavy (non-hydrogen) atoms. The Bertz CT molecular complexity index is 500. The quantitative estimate of drug-likeness (QED) is 0.902. The lowest BCUT2D eigenvalue weighted by molar-refractivity contribution is 0.686. The van der Waals surface area contributed by atoms with E-state index in [1.807, 2.05) is 25.4 Å². The predicted molar refractivity (Wildman–Crippen MR) is 77.0 cm³/mol. The highest BCUT2D eigenvalue weighted by molar-refractivity contribution is 9.11. The van der Waals surface area contributed by atoms with Crippen LogP contribution in [0.25, 0.3) is 0 Å². The van der Waals surface area contributed by atoms with Gasteiger partial charge < -0.3 is 5.32 Å². The molecule has 0 radical (unpaired) electrons. The molecule has 0 aliphatic carbocycles. The van der Waals surface area contributed by atoms with Crippen LogP contribution in [-0.4, -0.2) is 12.0 Å². The van der Waals surface area contributed by atoms with Crippen molar-refractivity contribution in [2.24, 2.45) is 0 Å². The molecule has 1 heterocycles. The van der Waals surface area contributed by atoms with Crippen LogP contribution < -0.4 is 5.32 Å². The molecule has 2 nitrogen and oxygen atoms in total. The molecule has 0 fully saturated rings. The molecular formula is C13H12Br2N2. The fourth-order valence-electron chi connectivity index (χ4n) is 1.78. The van der Waals surface area contributed by atoms with Crippen LogP contribution in [0.3, 0.4) is 0 Å². The molecule has 2 aromatic rings. The summed E-state index contributed by atoms with van der Waals surface area (Å²) >= 11 is 7.06. The Kier molecular flexibility index (Phi) is 4.31. The van der Waals surface area contributed by atoms with Crippen LogP contribution in [0.4, 0.5) is 0 Å². The smallest absolute Gasteiger partial charge is 0.0600 e. The van der Waals surface area contributed by atoms with Gasteiger partial charge in [-0.3, -0.25) is 4.98 Å². The molecule has 0 saturated carbocycles. The highest BCUT2D eigenvalue weighted by atomic mass is 79.9. The Morgan fingerprint density at radius 2 is 2.06 bits per heavy atom. The third-order valence-electron chi connectivity index (χ3n) is 2.58. The zero-order chi connectivity index (χ0) is 12.3. The lowest BCUT2D eigenvalue weighted by Crippen LogP contribution is -2.18. The van der Waals surface area contributed by atoms with Gasteiger partial charge in [0.05, 0.1) is 6.04 Å². The second kappa shape index (κ2) is 5.76. The molecule has 0 aliphatic rings. The van der Waals surface area contributed by atoms with Gasteiger partial charge in [-0.1, -0.05) is 44.0 Å². The Morgan fingerprint density at radius 1 is 1.24 bits per heavy atom. The molecule has 1 unspecified atom stereocenters. The zero-order valence-electron chi connectivity index (χ0n) is 9.32. The molecule has 4 heteroatoms. The van der Waals surface area contributed by atoms with E-state index >= 15 is 0 Å². The van der Waals surface area contributed by atoms with Gasteiger partial charge in [0, 0.05) is 21.3 Å². The van der Waals surface area contributed by atoms with Crippen LogP contribution >= 0.6 is 31.9 Å². The largest absolute Gasteiger partial charge is 0.309 e. The van der Waals surface area contributed by atoms with E-state index in [0.717, 1.165) is 14.5 Å². The summed E-state index contributed by atoms with van der Waals surface area (Å²) in [6, 6.07) is 10.4. The van der Waals surface area contributed by atoms with Gasteiger partial charge in [-0.15, -0.1) is 0 Å². The lowest BCUT2D eigenvalue weighted by atomic mass is 10.0. The average molecular weight is 356 g/mol. The molecule has 1 N–H and O–H groups in total. The van der Waals surface area contributed by atoms with Gasteiger partial charge in [-0.05, 0) is 36.4 Å². The molecular weight excluding hydrogens is 344 g/mol. The summed E-state index contributed by atoms with van der Waals surface area (Å²) < 4.78 is 2.14. The zero-order valence-corrected chi connectivity index (χ0v) is 12.5. The molecule has 1 aromatic heterocycles. The number of pyridine rings is 1. The van der Waals surface area contributed by atoms with Gasteiger partial charge in [0.2, 0.25) is 0 Å². The molecule has 0 amide bonds. The summed E-state index contributed by atoms with van der Waals surface area (Å²) in [5.41, 5.74) is 2.35. The van der Waals surface area contributed by atoms with E-state index in [1.165, 1.54) is 5.56 Å². The van der Waals surface area contributed by atoms with Gasteiger partial charge in [0.15, 0.2) is 0 Å². The minimum absolute atomic E-state index is 0.145. The molecule has 0 aliphatic heterocycles. The molecule has 88 valence electrons. The Hall–Kier alpha value is -0.710. The van der Waals surface area contributed by atoms with Gasteiger partial charge in [-0.2, -0.15) is 0 Å². The average Bonchev–Trinajstić information content (AvgIpc) is 2.34. The van der Waals surface area contributed by atoms with Crippen molar-refractivity contribution in [2.75, 3.05) is 7.05 Å². The summed E-state index contributed by atoms with van der Waals surface area (Å²) in [6.07, 6.45) is 3.67. The molecule has 1 atom stereocenters. The van der Waals surface area contributed by atoms with Crippen LogP contribution in [-0.2, 0) is 0 Å². The number of rotatable bonds is 3. The van der Waals surface area contributed by atoms with Crippen LogP contribution in [0.5, 0.6) is 0 Å². The van der Waals surface area contributed by atoms with Crippen molar-refractivity contribution in [1.82, 2.24) is 10.3 Å². The number of nitrogens with one attached hydrogen (secondary N) is 1. The van der Waals surface area contributed by atoms with E-state index in [2.05, 4.69) is 60.4 Å². The van der Waals surface area contributed by atoms with Crippen molar-refractivity contribution in [2.45, 2.75) is 6.04 Å². The number of benzene rings is 1. The van der Waals surface area contributed by atoms with E-state index in [4.69, 9.17) is 0 Å². The van der Waals surface area contributed by atoms with Crippen LogP contribution in [0.1, 0.15) is 17.2 Å². The number of aromatic nitrogens is 1. The minimum Gasteiger partial charge on any atom is -0.309 e. The van der Waals surface area contributed by atoms with E-state index < -0.39 is 0 Å².